The van der Waals surface area contributed by atoms with Crippen LogP contribution in [0.1, 0.15) is 21.5 Å². The van der Waals surface area contributed by atoms with Gasteiger partial charge in [0.15, 0.2) is 6.61 Å². The smallest absolute Gasteiger partial charge is 0.338 e. The minimum absolute atomic E-state index is 0.337. The predicted molar refractivity (Wildman–Crippen MR) is 87.8 cm³/mol. The number of hydrogen-bond acceptors (Lipinski definition) is 4. The number of benzene rings is 2. The third-order valence-corrected chi connectivity index (χ3v) is 3.39. The second-order valence-corrected chi connectivity index (χ2v) is 5.12. The van der Waals surface area contributed by atoms with E-state index in [4.69, 9.17) is 9.47 Å². The summed E-state index contributed by atoms with van der Waals surface area (Å²) < 4.78 is 10.1. The average Bonchev–Trinajstić information content (AvgIpc) is 2.56. The van der Waals surface area contributed by atoms with E-state index in [-0.39, 0.29) is 12.5 Å². The molecule has 2 aromatic rings. The van der Waals surface area contributed by atoms with E-state index in [9.17, 15) is 9.59 Å². The molecule has 0 saturated heterocycles. The van der Waals surface area contributed by atoms with Gasteiger partial charge < -0.3 is 14.8 Å². The Morgan fingerprint density at radius 2 is 1.70 bits per heavy atom. The highest BCUT2D eigenvalue weighted by molar-refractivity contribution is 5.96. The van der Waals surface area contributed by atoms with Gasteiger partial charge in [0.05, 0.1) is 12.7 Å². The number of ether oxygens (including phenoxy) is 2. The van der Waals surface area contributed by atoms with Crippen LogP contribution in [0.5, 0.6) is 5.75 Å². The van der Waals surface area contributed by atoms with Gasteiger partial charge in [0.1, 0.15) is 5.75 Å². The topological polar surface area (TPSA) is 64.6 Å². The fourth-order valence-corrected chi connectivity index (χ4v) is 2.15. The molecular formula is C18H19NO4. The normalized spacial score (nSPS) is 10.0. The van der Waals surface area contributed by atoms with Crippen molar-refractivity contribution in [1.82, 2.24) is 0 Å². The lowest BCUT2D eigenvalue weighted by Gasteiger charge is -2.11. The Morgan fingerprint density at radius 3 is 2.35 bits per heavy atom. The van der Waals surface area contributed by atoms with Crippen LogP contribution >= 0.6 is 0 Å². The van der Waals surface area contributed by atoms with E-state index in [1.165, 1.54) is 7.11 Å². The summed E-state index contributed by atoms with van der Waals surface area (Å²) in [5, 5.41) is 2.77. The van der Waals surface area contributed by atoms with E-state index < -0.39 is 5.97 Å². The highest BCUT2D eigenvalue weighted by Gasteiger charge is 2.12. The molecule has 2 aromatic carbocycles. The molecule has 1 amide bonds. The summed E-state index contributed by atoms with van der Waals surface area (Å²) in [5.41, 5.74) is 2.99. The number of carbonyl (C=O) groups excluding carboxylic acids is 2. The maximum absolute atomic E-state index is 12.0. The zero-order valence-corrected chi connectivity index (χ0v) is 13.4. The molecule has 0 aliphatic heterocycles. The predicted octanol–water partition coefficient (Wildman–Crippen LogP) is 3.11. The van der Waals surface area contributed by atoms with Crippen molar-refractivity contribution in [3.63, 3.8) is 0 Å². The van der Waals surface area contributed by atoms with Crippen molar-refractivity contribution in [3.05, 3.63) is 59.2 Å². The molecule has 120 valence electrons. The first-order chi connectivity index (χ1) is 11.0. The minimum Gasteiger partial charge on any atom is -0.497 e. The van der Waals surface area contributed by atoms with Crippen LogP contribution in [0.25, 0.3) is 0 Å². The summed E-state index contributed by atoms with van der Waals surface area (Å²) in [6, 6.07) is 12.3. The lowest BCUT2D eigenvalue weighted by atomic mass is 10.1. The Kier molecular flexibility index (Phi) is 5.36. The third kappa shape index (κ3) is 4.32. The Labute approximate surface area is 135 Å². The summed E-state index contributed by atoms with van der Waals surface area (Å²) in [7, 11) is 1.52. The van der Waals surface area contributed by atoms with Crippen LogP contribution < -0.4 is 10.1 Å². The molecular weight excluding hydrogens is 294 g/mol. The zero-order chi connectivity index (χ0) is 16.8. The van der Waals surface area contributed by atoms with Crippen molar-refractivity contribution in [1.29, 1.82) is 0 Å². The molecule has 23 heavy (non-hydrogen) atoms. The van der Waals surface area contributed by atoms with Crippen LogP contribution in [0.2, 0.25) is 0 Å². The monoisotopic (exact) mass is 313 g/mol. The Balaban J connectivity index is 1.95. The largest absolute Gasteiger partial charge is 0.497 e. The van der Waals surface area contributed by atoms with Gasteiger partial charge in [-0.05, 0) is 43.2 Å². The van der Waals surface area contributed by atoms with E-state index in [2.05, 4.69) is 5.32 Å². The molecule has 0 bridgehead atoms. The quantitative estimate of drug-likeness (QED) is 0.861. The van der Waals surface area contributed by atoms with Crippen molar-refractivity contribution in [3.8, 4) is 5.75 Å². The lowest BCUT2D eigenvalue weighted by Crippen LogP contribution is -2.21. The van der Waals surface area contributed by atoms with Crippen molar-refractivity contribution in [2.45, 2.75) is 13.8 Å². The minimum atomic E-state index is -0.569. The number of aryl methyl sites for hydroxylation is 2. The highest BCUT2D eigenvalue weighted by atomic mass is 16.5. The first-order valence-corrected chi connectivity index (χ1v) is 7.18. The van der Waals surface area contributed by atoms with Gasteiger partial charge in [-0.25, -0.2) is 4.79 Å². The van der Waals surface area contributed by atoms with Gasteiger partial charge in [-0.15, -0.1) is 0 Å². The van der Waals surface area contributed by atoms with Crippen LogP contribution in [-0.4, -0.2) is 25.6 Å². The standard InChI is InChI=1S/C18H19NO4/c1-12-6-4-7-13(2)17(12)19-16(20)11-23-18(21)14-8-5-9-15(10-14)22-3/h4-10H,11H2,1-3H3,(H,19,20). The molecule has 0 radical (unpaired) electrons. The van der Waals surface area contributed by atoms with E-state index in [0.717, 1.165) is 16.8 Å². The van der Waals surface area contributed by atoms with Gasteiger partial charge in [0, 0.05) is 5.69 Å². The Bertz CT molecular complexity index is 704. The molecule has 0 saturated carbocycles. The summed E-state index contributed by atoms with van der Waals surface area (Å²) in [6.07, 6.45) is 0. The number of rotatable bonds is 5. The first-order valence-electron chi connectivity index (χ1n) is 7.18. The third-order valence-electron chi connectivity index (χ3n) is 3.39. The SMILES string of the molecule is COc1cccc(C(=O)OCC(=O)Nc2c(C)cccc2C)c1. The van der Waals surface area contributed by atoms with Crippen molar-refractivity contribution in [2.24, 2.45) is 0 Å². The van der Waals surface area contributed by atoms with E-state index in [0.29, 0.717) is 11.3 Å². The highest BCUT2D eigenvalue weighted by Crippen LogP contribution is 2.19. The van der Waals surface area contributed by atoms with Gasteiger partial charge in [-0.3, -0.25) is 4.79 Å². The molecule has 0 heterocycles. The van der Waals surface area contributed by atoms with Crippen LogP contribution in [0, 0.1) is 13.8 Å². The lowest BCUT2D eigenvalue weighted by molar-refractivity contribution is -0.119. The number of methoxy groups -OCH3 is 1. The molecule has 0 fully saturated rings. The molecule has 0 spiro atoms. The van der Waals surface area contributed by atoms with Crippen LogP contribution in [0.15, 0.2) is 42.5 Å². The molecule has 0 aliphatic carbocycles. The second-order valence-electron chi connectivity index (χ2n) is 5.12. The Hall–Kier alpha value is -2.82. The van der Waals surface area contributed by atoms with Crippen molar-refractivity contribution >= 4 is 17.6 Å². The number of anilines is 1. The number of amides is 1. The fourth-order valence-electron chi connectivity index (χ4n) is 2.15. The van der Waals surface area contributed by atoms with E-state index in [1.54, 1.807) is 24.3 Å². The molecule has 0 aromatic heterocycles. The van der Waals surface area contributed by atoms with E-state index >= 15 is 0 Å². The van der Waals surface area contributed by atoms with Gasteiger partial charge in [0.25, 0.3) is 5.91 Å². The maximum atomic E-state index is 12.0. The molecule has 0 unspecified atom stereocenters. The first kappa shape index (κ1) is 16.5. The number of nitrogens with one attached hydrogen (secondary N) is 1. The number of hydrogen-bond donors (Lipinski definition) is 1. The number of carbonyl (C=O) groups is 2. The molecule has 0 aliphatic rings. The number of para-hydroxylation sites is 1. The maximum Gasteiger partial charge on any atom is 0.338 e. The summed E-state index contributed by atoms with van der Waals surface area (Å²) in [6.45, 7) is 3.47. The number of esters is 1. The molecule has 1 N–H and O–H groups in total. The van der Waals surface area contributed by atoms with Crippen molar-refractivity contribution < 1.29 is 19.1 Å². The summed E-state index contributed by atoms with van der Waals surface area (Å²) >= 11 is 0. The summed E-state index contributed by atoms with van der Waals surface area (Å²) in [5.74, 6) is -0.390. The molecule has 5 heteroatoms. The van der Waals surface area contributed by atoms with Crippen molar-refractivity contribution in [2.75, 3.05) is 19.0 Å². The summed E-state index contributed by atoms with van der Waals surface area (Å²) in [4.78, 5) is 23.9. The molecule has 5 nitrogen and oxygen atoms in total. The zero-order valence-electron chi connectivity index (χ0n) is 13.4. The molecule has 0 atom stereocenters. The van der Waals surface area contributed by atoms with Crippen LogP contribution in [-0.2, 0) is 9.53 Å². The van der Waals surface area contributed by atoms with Gasteiger partial charge in [-0.1, -0.05) is 24.3 Å². The molecule has 2 rings (SSSR count). The van der Waals surface area contributed by atoms with Gasteiger partial charge >= 0.3 is 5.97 Å². The average molecular weight is 313 g/mol. The van der Waals surface area contributed by atoms with Gasteiger partial charge in [0.2, 0.25) is 0 Å². The fraction of sp³-hybridized carbons (Fsp3) is 0.222. The second kappa shape index (κ2) is 7.45. The van der Waals surface area contributed by atoms with Crippen LogP contribution in [0.4, 0.5) is 5.69 Å². The van der Waals surface area contributed by atoms with Gasteiger partial charge in [-0.2, -0.15) is 0 Å². The van der Waals surface area contributed by atoms with E-state index in [1.807, 2.05) is 32.0 Å². The Morgan fingerprint density at radius 1 is 1.04 bits per heavy atom. The van der Waals surface area contributed by atoms with Crippen LogP contribution in [0.3, 0.4) is 0 Å².